The maximum absolute atomic E-state index is 11.9. The summed E-state index contributed by atoms with van der Waals surface area (Å²) in [5.41, 5.74) is 0.147. The van der Waals surface area contributed by atoms with Crippen molar-refractivity contribution in [1.29, 1.82) is 0 Å². The zero-order valence-corrected chi connectivity index (χ0v) is 12.5. The summed E-state index contributed by atoms with van der Waals surface area (Å²) in [5.74, 6) is -0.582. The molecule has 6 nitrogen and oxygen atoms in total. The quantitative estimate of drug-likeness (QED) is 0.695. The Labute approximate surface area is 128 Å². The molecule has 0 aromatic heterocycles. The molecule has 0 atom stereocenters. The van der Waals surface area contributed by atoms with Crippen LogP contribution in [0.2, 0.25) is 0 Å². The molecule has 2 aromatic rings. The fourth-order valence-electron chi connectivity index (χ4n) is 1.81. The summed E-state index contributed by atoms with van der Waals surface area (Å²) in [6.07, 6.45) is 0. The molecular formula is C15H16N2O4S. The molecule has 0 radical (unpaired) electrons. The molecule has 7 heteroatoms. The van der Waals surface area contributed by atoms with Crippen molar-refractivity contribution in [3.8, 4) is 5.75 Å². The van der Waals surface area contributed by atoms with Gasteiger partial charge in [0.05, 0.1) is 10.5 Å². The molecule has 1 amide bonds. The first-order valence-electron chi connectivity index (χ1n) is 6.61. The first kappa shape index (κ1) is 16.0. The van der Waals surface area contributed by atoms with E-state index in [1.807, 2.05) is 0 Å². The molecule has 0 unspecified atom stereocenters. The molecule has 3 N–H and O–H groups in total. The highest BCUT2D eigenvalue weighted by Gasteiger charge is 2.13. The number of carbonyl (C=O) groups excluding carboxylic acids is 1. The normalized spacial score (nSPS) is 11.1. The molecule has 2 aromatic carbocycles. The Morgan fingerprint density at radius 3 is 2.27 bits per heavy atom. The summed E-state index contributed by atoms with van der Waals surface area (Å²) in [5, 5.41) is 12.1. The van der Waals surface area contributed by atoms with E-state index < -0.39 is 15.9 Å². The van der Waals surface area contributed by atoms with Crippen molar-refractivity contribution in [2.24, 2.45) is 0 Å². The molecule has 116 valence electrons. The van der Waals surface area contributed by atoms with Gasteiger partial charge in [0.1, 0.15) is 5.75 Å². The standard InChI is InChI=1S/C15H16N2O4S/c18-14-9-5-4-8-13(14)15(19)16-10-11-17-22(20,21)12-6-2-1-3-7-12/h1-9,17-18H,10-11H2,(H,16,19). The summed E-state index contributed by atoms with van der Waals surface area (Å²) < 4.78 is 26.3. The third-order valence-electron chi connectivity index (χ3n) is 2.90. The van der Waals surface area contributed by atoms with Crippen LogP contribution in [0.5, 0.6) is 5.75 Å². The number of sulfonamides is 1. The molecule has 0 heterocycles. The number of aromatic hydroxyl groups is 1. The average molecular weight is 320 g/mol. The minimum absolute atomic E-state index is 0.0521. The summed E-state index contributed by atoms with van der Waals surface area (Å²) in [6, 6.07) is 14.1. The van der Waals surface area contributed by atoms with E-state index in [2.05, 4.69) is 10.0 Å². The molecule has 0 saturated heterocycles. The van der Waals surface area contributed by atoms with Crippen molar-refractivity contribution >= 4 is 15.9 Å². The van der Waals surface area contributed by atoms with Gasteiger partial charge in [0.15, 0.2) is 0 Å². The van der Waals surface area contributed by atoms with Crippen LogP contribution in [-0.4, -0.2) is 32.5 Å². The number of hydrogen-bond donors (Lipinski definition) is 3. The molecule has 22 heavy (non-hydrogen) atoms. The van der Waals surface area contributed by atoms with Gasteiger partial charge in [0.2, 0.25) is 10.0 Å². The van der Waals surface area contributed by atoms with Crippen LogP contribution < -0.4 is 10.0 Å². The molecule has 0 fully saturated rings. The molecule has 0 saturated carbocycles. The number of carbonyl (C=O) groups is 1. The van der Waals surface area contributed by atoms with Gasteiger partial charge in [-0.25, -0.2) is 13.1 Å². The largest absolute Gasteiger partial charge is 0.507 e. The van der Waals surface area contributed by atoms with Crippen LogP contribution in [-0.2, 0) is 10.0 Å². The molecule has 0 aliphatic carbocycles. The average Bonchev–Trinajstić information content (AvgIpc) is 2.53. The monoisotopic (exact) mass is 320 g/mol. The maximum Gasteiger partial charge on any atom is 0.255 e. The Bertz CT molecular complexity index is 745. The second kappa shape index (κ2) is 7.06. The Hall–Kier alpha value is -2.38. The Kier molecular flexibility index (Phi) is 5.13. The lowest BCUT2D eigenvalue weighted by Crippen LogP contribution is -2.34. The van der Waals surface area contributed by atoms with Crippen LogP contribution in [0.25, 0.3) is 0 Å². The van der Waals surface area contributed by atoms with Crippen molar-refractivity contribution in [2.45, 2.75) is 4.90 Å². The van der Waals surface area contributed by atoms with E-state index in [9.17, 15) is 18.3 Å². The number of benzene rings is 2. The van der Waals surface area contributed by atoms with Crippen LogP contribution in [0, 0.1) is 0 Å². The van der Waals surface area contributed by atoms with E-state index in [1.165, 1.54) is 24.3 Å². The lowest BCUT2D eigenvalue weighted by molar-refractivity contribution is 0.0951. The lowest BCUT2D eigenvalue weighted by Gasteiger charge is -2.08. The van der Waals surface area contributed by atoms with Crippen LogP contribution in [0.1, 0.15) is 10.4 Å². The van der Waals surface area contributed by atoms with E-state index in [0.29, 0.717) is 0 Å². The van der Waals surface area contributed by atoms with Crippen molar-refractivity contribution < 1.29 is 18.3 Å². The first-order chi connectivity index (χ1) is 10.5. The minimum Gasteiger partial charge on any atom is -0.507 e. The van der Waals surface area contributed by atoms with Crippen LogP contribution >= 0.6 is 0 Å². The second-order valence-corrected chi connectivity index (χ2v) is 6.25. The van der Waals surface area contributed by atoms with Crippen molar-refractivity contribution in [1.82, 2.24) is 10.0 Å². The highest BCUT2D eigenvalue weighted by molar-refractivity contribution is 7.89. The number of rotatable bonds is 6. The third kappa shape index (κ3) is 4.06. The summed E-state index contributed by atoms with van der Waals surface area (Å²) in [4.78, 5) is 12.0. The van der Waals surface area contributed by atoms with Crippen molar-refractivity contribution in [2.75, 3.05) is 13.1 Å². The smallest absolute Gasteiger partial charge is 0.255 e. The fourth-order valence-corrected chi connectivity index (χ4v) is 2.86. The molecule has 0 spiro atoms. The summed E-state index contributed by atoms with van der Waals surface area (Å²) in [7, 11) is -3.58. The zero-order valence-electron chi connectivity index (χ0n) is 11.7. The molecule has 2 rings (SSSR count). The molecule has 0 aliphatic heterocycles. The third-order valence-corrected chi connectivity index (χ3v) is 4.38. The highest BCUT2D eigenvalue weighted by Crippen LogP contribution is 2.14. The number of amides is 1. The van der Waals surface area contributed by atoms with E-state index in [-0.39, 0.29) is 29.3 Å². The van der Waals surface area contributed by atoms with Gasteiger partial charge in [-0.1, -0.05) is 30.3 Å². The predicted molar refractivity (Wildman–Crippen MR) is 82.1 cm³/mol. The molecule has 0 aliphatic rings. The van der Waals surface area contributed by atoms with Crippen LogP contribution in [0.4, 0.5) is 0 Å². The van der Waals surface area contributed by atoms with E-state index in [1.54, 1.807) is 30.3 Å². The van der Waals surface area contributed by atoms with Crippen LogP contribution in [0.3, 0.4) is 0 Å². The summed E-state index contributed by atoms with van der Waals surface area (Å²) >= 11 is 0. The highest BCUT2D eigenvalue weighted by atomic mass is 32.2. The van der Waals surface area contributed by atoms with Gasteiger partial charge in [-0.15, -0.1) is 0 Å². The predicted octanol–water partition coefficient (Wildman–Crippen LogP) is 1.10. The van der Waals surface area contributed by atoms with Crippen molar-refractivity contribution in [3.63, 3.8) is 0 Å². The Balaban J connectivity index is 1.85. The number of phenols is 1. The topological polar surface area (TPSA) is 95.5 Å². The summed E-state index contributed by atoms with van der Waals surface area (Å²) in [6.45, 7) is 0.162. The molecular weight excluding hydrogens is 304 g/mol. The van der Waals surface area contributed by atoms with Gasteiger partial charge in [-0.3, -0.25) is 4.79 Å². The zero-order chi connectivity index (χ0) is 16.0. The van der Waals surface area contributed by atoms with Crippen LogP contribution in [0.15, 0.2) is 59.5 Å². The lowest BCUT2D eigenvalue weighted by atomic mass is 10.2. The van der Waals surface area contributed by atoms with Gasteiger partial charge in [0.25, 0.3) is 5.91 Å². The SMILES string of the molecule is O=C(NCCNS(=O)(=O)c1ccccc1)c1ccccc1O. The van der Waals surface area contributed by atoms with Gasteiger partial charge >= 0.3 is 0 Å². The van der Waals surface area contributed by atoms with Gasteiger partial charge < -0.3 is 10.4 Å². The van der Waals surface area contributed by atoms with E-state index >= 15 is 0 Å². The Morgan fingerprint density at radius 1 is 0.955 bits per heavy atom. The maximum atomic E-state index is 11.9. The molecule has 0 bridgehead atoms. The van der Waals surface area contributed by atoms with Crippen molar-refractivity contribution in [3.05, 3.63) is 60.2 Å². The minimum atomic E-state index is -3.58. The second-order valence-electron chi connectivity index (χ2n) is 4.48. The van der Waals surface area contributed by atoms with Gasteiger partial charge in [0, 0.05) is 13.1 Å². The first-order valence-corrected chi connectivity index (χ1v) is 8.10. The fraction of sp³-hybridized carbons (Fsp3) is 0.133. The van der Waals surface area contributed by atoms with E-state index in [0.717, 1.165) is 0 Å². The van der Waals surface area contributed by atoms with Gasteiger partial charge in [-0.05, 0) is 24.3 Å². The van der Waals surface area contributed by atoms with Gasteiger partial charge in [-0.2, -0.15) is 0 Å². The number of nitrogens with one attached hydrogen (secondary N) is 2. The van der Waals surface area contributed by atoms with E-state index in [4.69, 9.17) is 0 Å². The number of para-hydroxylation sites is 1. The number of hydrogen-bond acceptors (Lipinski definition) is 4. The number of phenolic OH excluding ortho intramolecular Hbond substituents is 1. The Morgan fingerprint density at radius 2 is 1.59 bits per heavy atom.